The molecule has 0 aromatic carbocycles. The molecule has 3 nitrogen and oxygen atoms in total. The summed E-state index contributed by atoms with van der Waals surface area (Å²) in [6.45, 7) is 1.94. The maximum absolute atomic E-state index is 10.1. The zero-order chi connectivity index (χ0) is 7.11. The Kier molecular flexibility index (Phi) is 4.82. The van der Waals surface area contributed by atoms with Crippen LogP contribution in [0.4, 0.5) is 0 Å². The molecule has 0 bridgehead atoms. The van der Waals surface area contributed by atoms with Crippen molar-refractivity contribution in [3.63, 3.8) is 0 Å². The second kappa shape index (κ2) is 5.31. The van der Waals surface area contributed by atoms with Crippen molar-refractivity contribution >= 4 is 5.97 Å². The van der Waals surface area contributed by atoms with Crippen molar-refractivity contribution in [2.45, 2.75) is 13.3 Å². The van der Waals surface area contributed by atoms with Crippen LogP contribution in [0.25, 0.3) is 0 Å². The lowest BCUT2D eigenvalue weighted by atomic mass is 10.4. The summed E-state index contributed by atoms with van der Waals surface area (Å²) in [7, 11) is 0. The molecule has 0 rings (SSSR count). The molecule has 0 radical (unpaired) electrons. The van der Waals surface area contributed by atoms with Crippen molar-refractivity contribution in [1.29, 1.82) is 0 Å². The number of carbonyl (C=O) groups is 1. The lowest BCUT2D eigenvalue weighted by molar-refractivity contribution is -0.135. The molecule has 52 valence electrons. The van der Waals surface area contributed by atoms with Gasteiger partial charge in [0.2, 0.25) is 0 Å². The Bertz CT molecular complexity index is 110. The van der Waals surface area contributed by atoms with E-state index in [1.165, 1.54) is 13.2 Å². The minimum Gasteiger partial charge on any atom is -0.435 e. The van der Waals surface area contributed by atoms with Gasteiger partial charge < -0.3 is 10.5 Å². The molecule has 0 atom stereocenters. The van der Waals surface area contributed by atoms with E-state index < -0.39 is 0 Å². The molecule has 0 aromatic rings. The summed E-state index contributed by atoms with van der Waals surface area (Å²) in [5.41, 5.74) is 5.15. The Morgan fingerprint density at radius 2 is 2.44 bits per heavy atom. The van der Waals surface area contributed by atoms with Crippen LogP contribution in [0.1, 0.15) is 13.3 Å². The minimum absolute atomic E-state index is 0.303. The molecular formula is C6H11NO2. The third kappa shape index (κ3) is 7.17. The number of hydrogen-bond donors (Lipinski definition) is 1. The Morgan fingerprint density at radius 1 is 1.78 bits per heavy atom. The minimum atomic E-state index is -0.303. The van der Waals surface area contributed by atoms with E-state index in [9.17, 15) is 4.79 Å². The Balaban J connectivity index is 3.14. The first kappa shape index (κ1) is 8.17. The number of ether oxygens (including phenoxy) is 1. The lowest BCUT2D eigenvalue weighted by Gasteiger charge is -1.88. The fourth-order valence-electron chi connectivity index (χ4n) is 0.308. The molecule has 0 fully saturated rings. The highest BCUT2D eigenvalue weighted by Gasteiger charge is 1.82. The van der Waals surface area contributed by atoms with E-state index in [1.54, 1.807) is 6.08 Å². The maximum Gasteiger partial charge on any atom is 0.307 e. The average molecular weight is 129 g/mol. The predicted molar refractivity (Wildman–Crippen MR) is 34.6 cm³/mol. The number of rotatable bonds is 3. The molecule has 0 amide bonds. The molecule has 0 heterocycles. The third-order valence-electron chi connectivity index (χ3n) is 0.664. The normalized spacial score (nSPS) is 10.0. The third-order valence-corrected chi connectivity index (χ3v) is 0.664. The lowest BCUT2D eigenvalue weighted by Crippen LogP contribution is -1.96. The van der Waals surface area contributed by atoms with Crippen LogP contribution < -0.4 is 5.73 Å². The molecule has 0 saturated carbocycles. The van der Waals surface area contributed by atoms with E-state index in [1.807, 2.05) is 0 Å². The highest BCUT2D eigenvalue weighted by molar-refractivity contribution is 5.66. The van der Waals surface area contributed by atoms with Gasteiger partial charge in [-0.25, -0.2) is 0 Å². The first-order valence-electron chi connectivity index (χ1n) is 2.79. The molecule has 3 heteroatoms. The molecule has 0 spiro atoms. The van der Waals surface area contributed by atoms with E-state index in [-0.39, 0.29) is 5.97 Å². The van der Waals surface area contributed by atoms with Gasteiger partial charge in [-0.2, -0.15) is 0 Å². The van der Waals surface area contributed by atoms with Crippen molar-refractivity contribution in [3.8, 4) is 0 Å². The molecule has 9 heavy (non-hydrogen) atoms. The van der Waals surface area contributed by atoms with Gasteiger partial charge in [-0.05, 0) is 19.0 Å². The number of nitrogens with two attached hydrogens (primary N) is 1. The summed E-state index contributed by atoms with van der Waals surface area (Å²) in [6.07, 6.45) is 3.81. The second-order valence-corrected chi connectivity index (χ2v) is 1.56. The largest absolute Gasteiger partial charge is 0.435 e. The highest BCUT2D eigenvalue weighted by Crippen LogP contribution is 1.81. The maximum atomic E-state index is 10.1. The Hall–Kier alpha value is -0.830. The van der Waals surface area contributed by atoms with Crippen LogP contribution >= 0.6 is 0 Å². The van der Waals surface area contributed by atoms with E-state index in [2.05, 4.69) is 4.74 Å². The quantitative estimate of drug-likeness (QED) is 0.443. The van der Waals surface area contributed by atoms with E-state index in [4.69, 9.17) is 5.73 Å². The second-order valence-electron chi connectivity index (χ2n) is 1.56. The van der Waals surface area contributed by atoms with Gasteiger partial charge >= 0.3 is 5.97 Å². The van der Waals surface area contributed by atoms with Crippen molar-refractivity contribution in [3.05, 3.63) is 12.3 Å². The fourth-order valence-corrected chi connectivity index (χ4v) is 0.308. The van der Waals surface area contributed by atoms with Crippen LogP contribution in [-0.2, 0) is 9.53 Å². The SMILES string of the molecule is CC(=O)OC=CCCN. The van der Waals surface area contributed by atoms with Crippen LogP contribution in [0, 0.1) is 0 Å². The van der Waals surface area contributed by atoms with Gasteiger partial charge in [0.15, 0.2) is 0 Å². The van der Waals surface area contributed by atoms with Crippen LogP contribution in [0.15, 0.2) is 12.3 Å². The van der Waals surface area contributed by atoms with Gasteiger partial charge in [0, 0.05) is 6.92 Å². The van der Waals surface area contributed by atoms with Crippen LogP contribution in [0.5, 0.6) is 0 Å². The first-order valence-corrected chi connectivity index (χ1v) is 2.79. The van der Waals surface area contributed by atoms with Crippen LogP contribution in [0.3, 0.4) is 0 Å². The Morgan fingerprint density at radius 3 is 2.89 bits per heavy atom. The highest BCUT2D eigenvalue weighted by atomic mass is 16.5. The molecule has 2 N–H and O–H groups in total. The first-order chi connectivity index (χ1) is 4.27. The fraction of sp³-hybridized carbons (Fsp3) is 0.500. The molecule has 0 unspecified atom stereocenters. The molecule has 0 aliphatic heterocycles. The van der Waals surface area contributed by atoms with Gasteiger partial charge in [-0.15, -0.1) is 0 Å². The average Bonchev–Trinajstić information content (AvgIpc) is 1.80. The number of hydrogen-bond acceptors (Lipinski definition) is 3. The van der Waals surface area contributed by atoms with Crippen LogP contribution in [-0.4, -0.2) is 12.5 Å². The van der Waals surface area contributed by atoms with E-state index >= 15 is 0 Å². The van der Waals surface area contributed by atoms with E-state index in [0.29, 0.717) is 6.54 Å². The molecule has 0 saturated heterocycles. The summed E-state index contributed by atoms with van der Waals surface area (Å²) in [5, 5.41) is 0. The monoisotopic (exact) mass is 129 g/mol. The van der Waals surface area contributed by atoms with Gasteiger partial charge in [0.05, 0.1) is 6.26 Å². The van der Waals surface area contributed by atoms with Crippen molar-refractivity contribution in [1.82, 2.24) is 0 Å². The standard InChI is InChI=1S/C6H11NO2/c1-6(8)9-5-3-2-4-7/h3,5H,2,4,7H2,1H3. The zero-order valence-corrected chi connectivity index (χ0v) is 5.46. The zero-order valence-electron chi connectivity index (χ0n) is 5.46. The Labute approximate surface area is 54.5 Å². The number of carbonyl (C=O) groups excluding carboxylic acids is 1. The molecule has 0 aliphatic carbocycles. The molecule has 0 aromatic heterocycles. The van der Waals surface area contributed by atoms with Crippen LogP contribution in [0.2, 0.25) is 0 Å². The van der Waals surface area contributed by atoms with Gasteiger partial charge in [0.1, 0.15) is 0 Å². The van der Waals surface area contributed by atoms with Crippen molar-refractivity contribution < 1.29 is 9.53 Å². The number of esters is 1. The topological polar surface area (TPSA) is 52.3 Å². The summed E-state index contributed by atoms with van der Waals surface area (Å²) < 4.78 is 4.47. The van der Waals surface area contributed by atoms with Crippen molar-refractivity contribution in [2.24, 2.45) is 5.73 Å². The molecular weight excluding hydrogens is 118 g/mol. The summed E-state index contributed by atoms with van der Waals surface area (Å²) >= 11 is 0. The summed E-state index contributed by atoms with van der Waals surface area (Å²) in [5.74, 6) is -0.303. The summed E-state index contributed by atoms with van der Waals surface area (Å²) in [6, 6.07) is 0. The van der Waals surface area contributed by atoms with E-state index in [0.717, 1.165) is 6.42 Å². The smallest absolute Gasteiger partial charge is 0.307 e. The molecule has 0 aliphatic rings. The van der Waals surface area contributed by atoms with Gasteiger partial charge in [-0.3, -0.25) is 4.79 Å². The summed E-state index contributed by atoms with van der Waals surface area (Å²) in [4.78, 5) is 10.1. The van der Waals surface area contributed by atoms with Gasteiger partial charge in [-0.1, -0.05) is 0 Å². The van der Waals surface area contributed by atoms with Crippen molar-refractivity contribution in [2.75, 3.05) is 6.54 Å². The predicted octanol–water partition coefficient (Wildman–Crippen LogP) is 0.412. The van der Waals surface area contributed by atoms with Gasteiger partial charge in [0.25, 0.3) is 0 Å².